The molecule has 2 rings (SSSR count). The highest BCUT2D eigenvalue weighted by Crippen LogP contribution is 2.33. The average Bonchev–Trinajstić information content (AvgIpc) is 3.07. The van der Waals surface area contributed by atoms with Crippen LogP contribution in [-0.2, 0) is 38.1 Å². The van der Waals surface area contributed by atoms with E-state index < -0.39 is 64.9 Å². The molecule has 0 aliphatic carbocycles. The second-order valence-corrected chi connectivity index (χ2v) is 6.09. The van der Waals surface area contributed by atoms with Crippen LogP contribution in [0.2, 0.25) is 0 Å². The summed E-state index contributed by atoms with van der Waals surface area (Å²) >= 11 is 0. The Morgan fingerprint density at radius 3 is 2.17 bits per heavy atom. The van der Waals surface area contributed by atoms with Gasteiger partial charge in [-0.25, -0.2) is 4.79 Å². The van der Waals surface area contributed by atoms with Gasteiger partial charge in [0, 0.05) is 20.8 Å². The van der Waals surface area contributed by atoms with Crippen molar-refractivity contribution in [1.82, 2.24) is 9.55 Å². The average molecular weight is 429 g/mol. The van der Waals surface area contributed by atoms with Crippen LogP contribution in [0.25, 0.3) is 0 Å². The molecule has 0 aromatic carbocycles. The molecule has 1 fully saturated rings. The number of nitro groups is 1. The number of esters is 4. The molecule has 0 radical (unpaired) electrons. The van der Waals surface area contributed by atoms with E-state index in [9.17, 15) is 29.3 Å². The zero-order chi connectivity index (χ0) is 22.6. The standard InChI is InChI=1S/C16H19N3O11/c1-7(20)28-10-5-27-15(13(30-9(3)22)12(10)29-8(2)21)18-6-17-14(19(24)25)11(18)16(23)26-4/h6,10,12-13,15H,5H2,1-4H3/t10-,12+,13+,15-/m0/s1. The number of carbonyl (C=O) groups is 4. The van der Waals surface area contributed by atoms with Crippen LogP contribution in [0.3, 0.4) is 0 Å². The molecule has 164 valence electrons. The molecule has 4 atom stereocenters. The molecule has 0 saturated carbocycles. The van der Waals surface area contributed by atoms with E-state index in [-0.39, 0.29) is 6.61 Å². The van der Waals surface area contributed by atoms with Crippen LogP contribution in [0.5, 0.6) is 0 Å². The number of aromatic nitrogens is 2. The van der Waals surface area contributed by atoms with Crippen LogP contribution in [0.1, 0.15) is 37.5 Å². The fourth-order valence-electron chi connectivity index (χ4n) is 2.93. The summed E-state index contributed by atoms with van der Waals surface area (Å²) in [6, 6.07) is 0. The van der Waals surface area contributed by atoms with Crippen molar-refractivity contribution < 1.29 is 47.8 Å². The highest BCUT2D eigenvalue weighted by molar-refractivity contribution is 5.91. The Morgan fingerprint density at radius 1 is 1.10 bits per heavy atom. The number of imidazole rings is 1. The highest BCUT2D eigenvalue weighted by atomic mass is 16.7. The molecule has 30 heavy (non-hydrogen) atoms. The summed E-state index contributed by atoms with van der Waals surface area (Å²) in [6.07, 6.45) is -4.39. The molecular formula is C16H19N3O11. The van der Waals surface area contributed by atoms with Gasteiger partial charge in [-0.15, -0.1) is 0 Å². The largest absolute Gasteiger partial charge is 0.464 e. The van der Waals surface area contributed by atoms with Gasteiger partial charge in [0.1, 0.15) is 0 Å². The van der Waals surface area contributed by atoms with Crippen LogP contribution in [-0.4, -0.2) is 70.4 Å². The Bertz CT molecular complexity index is 865. The van der Waals surface area contributed by atoms with E-state index in [1.165, 1.54) is 0 Å². The first-order valence-corrected chi connectivity index (χ1v) is 8.49. The summed E-state index contributed by atoms with van der Waals surface area (Å²) < 4.78 is 26.6. The molecule has 14 nitrogen and oxygen atoms in total. The Kier molecular flexibility index (Phi) is 7.05. The predicted molar refractivity (Wildman–Crippen MR) is 91.9 cm³/mol. The van der Waals surface area contributed by atoms with Crippen molar-refractivity contribution in [3.8, 4) is 0 Å². The molecule has 0 N–H and O–H groups in total. The van der Waals surface area contributed by atoms with E-state index >= 15 is 0 Å². The molecule has 0 spiro atoms. The third kappa shape index (κ3) is 4.89. The second-order valence-electron chi connectivity index (χ2n) is 6.09. The molecule has 1 aromatic heterocycles. The predicted octanol–water partition coefficient (Wildman–Crippen LogP) is -0.0982. The summed E-state index contributed by atoms with van der Waals surface area (Å²) in [6.45, 7) is 2.93. The van der Waals surface area contributed by atoms with Gasteiger partial charge >= 0.3 is 29.7 Å². The molecular weight excluding hydrogens is 410 g/mol. The number of methoxy groups -OCH3 is 1. The lowest BCUT2D eigenvalue weighted by Gasteiger charge is -2.40. The van der Waals surface area contributed by atoms with E-state index in [4.69, 9.17) is 18.9 Å². The summed E-state index contributed by atoms with van der Waals surface area (Å²) in [5, 5.41) is 11.2. The quantitative estimate of drug-likeness (QED) is 0.254. The van der Waals surface area contributed by atoms with Crippen LogP contribution < -0.4 is 0 Å². The summed E-state index contributed by atoms with van der Waals surface area (Å²) in [5.74, 6) is -4.23. The van der Waals surface area contributed by atoms with Gasteiger partial charge in [-0.1, -0.05) is 0 Å². The van der Waals surface area contributed by atoms with Crippen LogP contribution in [0.15, 0.2) is 6.33 Å². The van der Waals surface area contributed by atoms with Gasteiger partial charge in [0.2, 0.25) is 12.0 Å². The van der Waals surface area contributed by atoms with Gasteiger partial charge in [-0.2, -0.15) is 0 Å². The lowest BCUT2D eigenvalue weighted by Crippen LogP contribution is -2.55. The van der Waals surface area contributed by atoms with Crippen molar-refractivity contribution >= 4 is 29.7 Å². The van der Waals surface area contributed by atoms with Gasteiger partial charge in [0.25, 0.3) is 0 Å². The highest BCUT2D eigenvalue weighted by Gasteiger charge is 2.49. The van der Waals surface area contributed by atoms with E-state index in [1.807, 2.05) is 0 Å². The third-order valence-electron chi connectivity index (χ3n) is 3.92. The topological polar surface area (TPSA) is 175 Å². The first-order valence-electron chi connectivity index (χ1n) is 8.49. The fourth-order valence-corrected chi connectivity index (χ4v) is 2.93. The fraction of sp³-hybridized carbons (Fsp3) is 0.562. The van der Waals surface area contributed by atoms with Crippen molar-refractivity contribution in [2.45, 2.75) is 45.3 Å². The van der Waals surface area contributed by atoms with E-state index in [2.05, 4.69) is 9.72 Å². The molecule has 2 heterocycles. The van der Waals surface area contributed by atoms with Crippen LogP contribution in [0.4, 0.5) is 5.82 Å². The Hall–Kier alpha value is -3.55. The van der Waals surface area contributed by atoms with Crippen molar-refractivity contribution in [3.63, 3.8) is 0 Å². The first-order chi connectivity index (χ1) is 14.1. The van der Waals surface area contributed by atoms with Gasteiger partial charge < -0.3 is 33.8 Å². The maximum atomic E-state index is 12.2. The van der Waals surface area contributed by atoms with Gasteiger partial charge in [-0.05, 0) is 9.91 Å². The summed E-state index contributed by atoms with van der Waals surface area (Å²) in [5.41, 5.74) is -0.586. The smallest absolute Gasteiger partial charge is 0.396 e. The number of nitrogens with zero attached hydrogens (tertiary/aromatic N) is 3. The molecule has 1 saturated heterocycles. The summed E-state index contributed by atoms with van der Waals surface area (Å²) in [4.78, 5) is 60.8. The number of hydrogen-bond donors (Lipinski definition) is 0. The number of ether oxygens (including phenoxy) is 5. The van der Waals surface area contributed by atoms with Gasteiger partial charge in [0.15, 0.2) is 24.5 Å². The Labute approximate surface area is 169 Å². The number of carbonyl (C=O) groups excluding carboxylic acids is 4. The third-order valence-corrected chi connectivity index (χ3v) is 3.92. The van der Waals surface area contributed by atoms with Gasteiger partial charge in [-0.3, -0.25) is 19.0 Å². The molecule has 0 unspecified atom stereocenters. The molecule has 0 amide bonds. The van der Waals surface area contributed by atoms with E-state index in [0.29, 0.717) is 0 Å². The molecule has 1 aromatic rings. The Balaban J connectivity index is 2.57. The minimum absolute atomic E-state index is 0.341. The minimum Gasteiger partial charge on any atom is -0.464 e. The lowest BCUT2D eigenvalue weighted by atomic mass is 10.0. The molecule has 1 aliphatic rings. The zero-order valence-corrected chi connectivity index (χ0v) is 16.4. The normalized spacial score (nSPS) is 23.2. The monoisotopic (exact) mass is 429 g/mol. The van der Waals surface area contributed by atoms with Crippen molar-refractivity contribution in [3.05, 3.63) is 22.1 Å². The van der Waals surface area contributed by atoms with Crippen molar-refractivity contribution in [1.29, 1.82) is 0 Å². The molecule has 1 aliphatic heterocycles. The molecule has 0 bridgehead atoms. The van der Waals surface area contributed by atoms with E-state index in [1.54, 1.807) is 0 Å². The summed E-state index contributed by atoms with van der Waals surface area (Å²) in [7, 11) is 1.01. The number of hydrogen-bond acceptors (Lipinski definition) is 12. The molecule has 14 heteroatoms. The van der Waals surface area contributed by atoms with Crippen LogP contribution >= 0.6 is 0 Å². The van der Waals surface area contributed by atoms with Crippen LogP contribution in [0, 0.1) is 10.1 Å². The first kappa shape index (κ1) is 22.7. The second kappa shape index (κ2) is 9.30. The minimum atomic E-state index is -1.44. The van der Waals surface area contributed by atoms with Crippen molar-refractivity contribution in [2.24, 2.45) is 0 Å². The lowest BCUT2D eigenvalue weighted by molar-refractivity contribution is -0.389. The SMILES string of the molecule is COC(=O)c1c([N+](=O)[O-])ncn1[C@H]1OC[C@H](OC(C)=O)[C@@H](OC(C)=O)[C@H]1OC(C)=O. The maximum Gasteiger partial charge on any atom is 0.396 e. The maximum absolute atomic E-state index is 12.2. The Morgan fingerprint density at radius 2 is 1.67 bits per heavy atom. The van der Waals surface area contributed by atoms with E-state index in [0.717, 1.165) is 38.8 Å². The zero-order valence-electron chi connectivity index (χ0n) is 16.4. The number of rotatable bonds is 6. The van der Waals surface area contributed by atoms with Crippen molar-refractivity contribution in [2.75, 3.05) is 13.7 Å². The van der Waals surface area contributed by atoms with Gasteiger partial charge in [0.05, 0.1) is 13.7 Å².